The van der Waals surface area contributed by atoms with Gasteiger partial charge in [-0.25, -0.2) is 0 Å². The zero-order chi connectivity index (χ0) is 20.9. The predicted molar refractivity (Wildman–Crippen MR) is 117 cm³/mol. The van der Waals surface area contributed by atoms with E-state index in [0.717, 1.165) is 56.8 Å². The van der Waals surface area contributed by atoms with Gasteiger partial charge < -0.3 is 10.2 Å². The van der Waals surface area contributed by atoms with Gasteiger partial charge in [0.15, 0.2) is 0 Å². The summed E-state index contributed by atoms with van der Waals surface area (Å²) in [6.45, 7) is 5.28. The van der Waals surface area contributed by atoms with E-state index in [1.54, 1.807) is 6.07 Å². The van der Waals surface area contributed by atoms with E-state index < -0.39 is 4.92 Å². The van der Waals surface area contributed by atoms with Crippen molar-refractivity contribution in [2.75, 3.05) is 31.1 Å². The average Bonchev–Trinajstić information content (AvgIpc) is 3.47. The molecule has 0 aliphatic carbocycles. The van der Waals surface area contributed by atoms with Gasteiger partial charge in [-0.2, -0.15) is 0 Å². The number of non-ortho nitro benzene ring substituents is 1. The Morgan fingerprint density at radius 1 is 0.967 bits per heavy atom. The largest absolute Gasteiger partial charge is 0.371 e. The minimum atomic E-state index is -0.449. The maximum atomic E-state index is 13.1. The van der Waals surface area contributed by atoms with Crippen LogP contribution in [0.2, 0.25) is 0 Å². The van der Waals surface area contributed by atoms with Gasteiger partial charge in [-0.3, -0.25) is 19.8 Å². The van der Waals surface area contributed by atoms with Crippen LogP contribution in [0.3, 0.4) is 0 Å². The molecule has 2 fully saturated rings. The van der Waals surface area contributed by atoms with Gasteiger partial charge in [0, 0.05) is 38.3 Å². The van der Waals surface area contributed by atoms with Crippen molar-refractivity contribution >= 4 is 17.3 Å². The predicted octanol–water partition coefficient (Wildman–Crippen LogP) is 3.72. The van der Waals surface area contributed by atoms with Crippen molar-refractivity contribution in [3.05, 3.63) is 69.3 Å². The molecule has 2 aromatic carbocycles. The Labute approximate surface area is 176 Å². The Hall–Kier alpha value is -2.93. The summed E-state index contributed by atoms with van der Waals surface area (Å²) >= 11 is 0. The molecule has 1 amide bonds. The first kappa shape index (κ1) is 20.3. The molecular formula is C23H28N4O3. The molecule has 30 heavy (non-hydrogen) atoms. The average molecular weight is 409 g/mol. The number of hydrogen-bond acceptors (Lipinski definition) is 5. The smallest absolute Gasteiger partial charge is 0.270 e. The first-order valence-corrected chi connectivity index (χ1v) is 10.7. The number of nitro benzene ring substituents is 1. The first-order chi connectivity index (χ1) is 14.6. The van der Waals surface area contributed by atoms with Gasteiger partial charge in [-0.05, 0) is 56.0 Å². The summed E-state index contributed by atoms with van der Waals surface area (Å²) in [5.74, 6) is -0.267. The molecular weight excluding hydrogens is 380 g/mol. The van der Waals surface area contributed by atoms with Crippen molar-refractivity contribution in [3.8, 4) is 0 Å². The molecule has 0 bridgehead atoms. The lowest BCUT2D eigenvalue weighted by atomic mass is 10.1. The van der Waals surface area contributed by atoms with Crippen molar-refractivity contribution in [1.82, 2.24) is 10.2 Å². The van der Waals surface area contributed by atoms with Crippen molar-refractivity contribution < 1.29 is 9.72 Å². The molecule has 2 heterocycles. The number of nitrogens with zero attached hydrogens (tertiary/aromatic N) is 3. The lowest BCUT2D eigenvalue weighted by Crippen LogP contribution is -2.28. The number of nitro groups is 1. The fourth-order valence-corrected chi connectivity index (χ4v) is 4.39. The molecule has 0 unspecified atom stereocenters. The van der Waals surface area contributed by atoms with Gasteiger partial charge >= 0.3 is 0 Å². The van der Waals surface area contributed by atoms with E-state index in [9.17, 15) is 14.9 Å². The summed E-state index contributed by atoms with van der Waals surface area (Å²) in [5.41, 5.74) is 3.41. The van der Waals surface area contributed by atoms with Gasteiger partial charge in [0.2, 0.25) is 0 Å². The molecule has 2 aliphatic rings. The molecule has 0 spiro atoms. The summed E-state index contributed by atoms with van der Waals surface area (Å²) < 4.78 is 0. The number of nitrogens with one attached hydrogen (secondary N) is 1. The quantitative estimate of drug-likeness (QED) is 0.558. The molecule has 2 aliphatic heterocycles. The van der Waals surface area contributed by atoms with Gasteiger partial charge in [0.05, 0.1) is 16.2 Å². The summed E-state index contributed by atoms with van der Waals surface area (Å²) in [7, 11) is 0. The number of carbonyl (C=O) groups excluding carboxylic acids is 1. The standard InChI is InChI=1S/C23H28N4O3/c28-23(21-15-20(27(29)30)9-10-22(21)26-13-5-6-14-26)24-16-18-7-1-2-8-19(18)17-25-11-3-4-12-25/h1-2,7-10,15H,3-6,11-14,16-17H2,(H,24,28). The Bertz CT molecular complexity index is 918. The highest BCUT2D eigenvalue weighted by Crippen LogP contribution is 2.28. The molecule has 7 nitrogen and oxygen atoms in total. The number of benzene rings is 2. The Kier molecular flexibility index (Phi) is 6.28. The first-order valence-electron chi connectivity index (χ1n) is 10.7. The van der Waals surface area contributed by atoms with Crippen LogP contribution >= 0.6 is 0 Å². The molecule has 0 saturated carbocycles. The Morgan fingerprint density at radius 3 is 2.33 bits per heavy atom. The monoisotopic (exact) mass is 408 g/mol. The number of anilines is 1. The van der Waals surface area contributed by atoms with E-state index in [1.165, 1.54) is 30.5 Å². The Morgan fingerprint density at radius 2 is 1.63 bits per heavy atom. The second kappa shape index (κ2) is 9.26. The molecule has 2 saturated heterocycles. The van der Waals surface area contributed by atoms with Crippen LogP contribution in [0.15, 0.2) is 42.5 Å². The van der Waals surface area contributed by atoms with Crippen LogP contribution < -0.4 is 10.2 Å². The highest BCUT2D eigenvalue weighted by Gasteiger charge is 2.23. The van der Waals surface area contributed by atoms with Crippen LogP contribution in [0.5, 0.6) is 0 Å². The van der Waals surface area contributed by atoms with Gasteiger partial charge in [0.1, 0.15) is 0 Å². The van der Waals surface area contributed by atoms with Crippen molar-refractivity contribution in [1.29, 1.82) is 0 Å². The van der Waals surface area contributed by atoms with Crippen LogP contribution in [0.4, 0.5) is 11.4 Å². The van der Waals surface area contributed by atoms with Gasteiger partial charge in [0.25, 0.3) is 11.6 Å². The fourth-order valence-electron chi connectivity index (χ4n) is 4.39. The van der Waals surface area contributed by atoms with Crippen LogP contribution in [0, 0.1) is 10.1 Å². The number of amides is 1. The molecule has 4 rings (SSSR count). The van der Waals surface area contributed by atoms with E-state index in [0.29, 0.717) is 12.1 Å². The third-order valence-corrected chi connectivity index (χ3v) is 6.03. The van der Waals surface area contributed by atoms with Crippen LogP contribution in [-0.2, 0) is 13.1 Å². The molecule has 0 radical (unpaired) electrons. The SMILES string of the molecule is O=C(NCc1ccccc1CN1CCCC1)c1cc([N+](=O)[O-])ccc1N1CCCC1. The van der Waals surface area contributed by atoms with Gasteiger partial charge in [-0.15, -0.1) is 0 Å². The second-order valence-electron chi connectivity index (χ2n) is 8.09. The van der Waals surface area contributed by atoms with E-state index in [1.807, 2.05) is 18.2 Å². The van der Waals surface area contributed by atoms with Crippen molar-refractivity contribution in [3.63, 3.8) is 0 Å². The third kappa shape index (κ3) is 4.62. The van der Waals surface area contributed by atoms with Crippen LogP contribution in [-0.4, -0.2) is 41.9 Å². The highest BCUT2D eigenvalue weighted by molar-refractivity contribution is 6.00. The van der Waals surface area contributed by atoms with E-state index in [-0.39, 0.29) is 11.6 Å². The minimum absolute atomic E-state index is 0.0578. The number of hydrogen-bond donors (Lipinski definition) is 1. The topological polar surface area (TPSA) is 78.7 Å². The highest BCUT2D eigenvalue weighted by atomic mass is 16.6. The summed E-state index contributed by atoms with van der Waals surface area (Å²) in [6.07, 6.45) is 4.62. The fraction of sp³-hybridized carbons (Fsp3) is 0.435. The third-order valence-electron chi connectivity index (χ3n) is 6.03. The number of carbonyl (C=O) groups is 1. The second-order valence-corrected chi connectivity index (χ2v) is 8.09. The molecule has 0 atom stereocenters. The van der Waals surface area contributed by atoms with Gasteiger partial charge in [-0.1, -0.05) is 24.3 Å². The molecule has 1 N–H and O–H groups in total. The number of rotatable bonds is 7. The van der Waals surface area contributed by atoms with Crippen molar-refractivity contribution in [2.45, 2.75) is 38.8 Å². The zero-order valence-corrected chi connectivity index (χ0v) is 17.2. The van der Waals surface area contributed by atoms with Crippen LogP contribution in [0.25, 0.3) is 0 Å². The van der Waals surface area contributed by atoms with E-state index >= 15 is 0 Å². The molecule has 0 aromatic heterocycles. The maximum absolute atomic E-state index is 13.1. The minimum Gasteiger partial charge on any atom is -0.371 e. The Balaban J connectivity index is 1.51. The molecule has 7 heteroatoms. The van der Waals surface area contributed by atoms with Crippen LogP contribution in [0.1, 0.15) is 47.2 Å². The summed E-state index contributed by atoms with van der Waals surface area (Å²) in [4.78, 5) is 28.4. The zero-order valence-electron chi connectivity index (χ0n) is 17.2. The maximum Gasteiger partial charge on any atom is 0.270 e. The van der Waals surface area contributed by atoms with Crippen molar-refractivity contribution in [2.24, 2.45) is 0 Å². The normalized spacial score (nSPS) is 16.7. The summed E-state index contributed by atoms with van der Waals surface area (Å²) in [5, 5.41) is 14.3. The lowest BCUT2D eigenvalue weighted by Gasteiger charge is -2.21. The summed E-state index contributed by atoms with van der Waals surface area (Å²) in [6, 6.07) is 12.8. The molecule has 2 aromatic rings. The molecule has 158 valence electrons. The van der Waals surface area contributed by atoms with E-state index in [4.69, 9.17) is 0 Å². The lowest BCUT2D eigenvalue weighted by molar-refractivity contribution is -0.384. The van der Waals surface area contributed by atoms with E-state index in [2.05, 4.69) is 21.2 Å². The number of likely N-dealkylation sites (tertiary alicyclic amines) is 1.